The van der Waals surface area contributed by atoms with Crippen molar-refractivity contribution in [2.75, 3.05) is 18.0 Å². The number of rotatable bonds is 3. The number of thiophene rings is 1. The molecule has 114 valence electrons. The third-order valence-electron chi connectivity index (χ3n) is 3.61. The zero-order valence-electron chi connectivity index (χ0n) is 11.5. The molecule has 3 rings (SSSR count). The van der Waals surface area contributed by atoms with Crippen LogP contribution in [0.1, 0.15) is 21.2 Å². The summed E-state index contributed by atoms with van der Waals surface area (Å²) in [4.78, 5) is 25.2. The minimum atomic E-state index is -0.980. The van der Waals surface area contributed by atoms with Crippen molar-refractivity contribution in [3.05, 3.63) is 51.2 Å². The molecule has 1 aromatic carbocycles. The Labute approximate surface area is 136 Å². The lowest BCUT2D eigenvalue weighted by atomic mass is 10.0. The smallest absolute Gasteiger partial charge is 0.411 e. The number of fused-ring (bicyclic) bond motifs is 1. The molecule has 1 aliphatic heterocycles. The number of anilines is 1. The normalized spacial score (nSPS) is 16.4. The summed E-state index contributed by atoms with van der Waals surface area (Å²) in [6, 6.07) is 10.7. The third kappa shape index (κ3) is 2.80. The van der Waals surface area contributed by atoms with Crippen molar-refractivity contribution in [1.29, 1.82) is 0 Å². The summed E-state index contributed by atoms with van der Waals surface area (Å²) in [5.41, 5.74) is 1.63. The lowest BCUT2D eigenvalue weighted by Gasteiger charge is -2.13. The van der Waals surface area contributed by atoms with E-state index in [2.05, 4.69) is 5.32 Å². The lowest BCUT2D eigenvalue weighted by Crippen LogP contribution is -2.32. The van der Waals surface area contributed by atoms with E-state index in [9.17, 15) is 14.7 Å². The minimum absolute atomic E-state index is 0.0494. The van der Waals surface area contributed by atoms with E-state index < -0.39 is 6.09 Å². The second-order valence-electron chi connectivity index (χ2n) is 4.96. The molecule has 1 aromatic heterocycles. The molecule has 0 saturated heterocycles. The van der Waals surface area contributed by atoms with Crippen LogP contribution in [0.3, 0.4) is 0 Å². The van der Waals surface area contributed by atoms with Gasteiger partial charge in [-0.15, -0.1) is 11.3 Å². The Morgan fingerprint density at radius 1 is 1.32 bits per heavy atom. The van der Waals surface area contributed by atoms with E-state index >= 15 is 0 Å². The third-order valence-corrected chi connectivity index (χ3v) is 4.84. The molecule has 7 heteroatoms. The van der Waals surface area contributed by atoms with Crippen LogP contribution in [0.25, 0.3) is 0 Å². The number of hydrogen-bond acceptors (Lipinski definition) is 3. The highest BCUT2D eigenvalue weighted by Gasteiger charge is 2.32. The Morgan fingerprint density at radius 3 is 2.77 bits per heavy atom. The van der Waals surface area contributed by atoms with Crippen molar-refractivity contribution in [2.24, 2.45) is 0 Å². The molecular formula is C15H13ClN2O3S. The monoisotopic (exact) mass is 336 g/mol. The Balaban J connectivity index is 1.71. The number of para-hydroxylation sites is 1. The fraction of sp³-hybridized carbons (Fsp3) is 0.200. The number of amides is 2. The van der Waals surface area contributed by atoms with Crippen LogP contribution in [0.5, 0.6) is 0 Å². The number of carbonyl (C=O) groups is 2. The summed E-state index contributed by atoms with van der Waals surface area (Å²) < 4.78 is 0.563. The van der Waals surface area contributed by atoms with Gasteiger partial charge < -0.3 is 10.4 Å². The van der Waals surface area contributed by atoms with Crippen LogP contribution in [0.2, 0.25) is 4.34 Å². The molecule has 1 atom stereocenters. The van der Waals surface area contributed by atoms with E-state index in [1.54, 1.807) is 18.2 Å². The number of nitrogens with one attached hydrogen (secondary N) is 1. The van der Waals surface area contributed by atoms with E-state index in [1.165, 1.54) is 16.2 Å². The quantitative estimate of drug-likeness (QED) is 0.902. The predicted molar refractivity (Wildman–Crippen MR) is 86.2 cm³/mol. The van der Waals surface area contributed by atoms with Gasteiger partial charge in [0.25, 0.3) is 5.91 Å². The van der Waals surface area contributed by atoms with Gasteiger partial charge in [0.1, 0.15) is 0 Å². The van der Waals surface area contributed by atoms with Crippen molar-refractivity contribution in [1.82, 2.24) is 5.32 Å². The van der Waals surface area contributed by atoms with E-state index in [-0.39, 0.29) is 11.8 Å². The number of carboxylic acid groups (broad SMARTS) is 1. The minimum Gasteiger partial charge on any atom is -0.465 e. The molecule has 2 N–H and O–H groups in total. The Morgan fingerprint density at radius 2 is 2.09 bits per heavy atom. The van der Waals surface area contributed by atoms with Gasteiger partial charge in [-0.3, -0.25) is 9.69 Å². The van der Waals surface area contributed by atoms with Gasteiger partial charge in [0, 0.05) is 19.0 Å². The van der Waals surface area contributed by atoms with Gasteiger partial charge in [0.05, 0.1) is 14.9 Å². The zero-order chi connectivity index (χ0) is 15.7. The number of hydrogen-bond donors (Lipinski definition) is 2. The van der Waals surface area contributed by atoms with E-state index in [1.807, 2.05) is 18.2 Å². The van der Waals surface area contributed by atoms with E-state index in [0.717, 1.165) is 5.56 Å². The molecule has 0 aliphatic carbocycles. The van der Waals surface area contributed by atoms with Crippen molar-refractivity contribution in [2.45, 2.75) is 5.92 Å². The Bertz CT molecular complexity index is 731. The molecule has 22 heavy (non-hydrogen) atoms. The Kier molecular flexibility index (Phi) is 4.04. The zero-order valence-corrected chi connectivity index (χ0v) is 13.0. The maximum Gasteiger partial charge on any atom is 0.411 e. The van der Waals surface area contributed by atoms with Crippen molar-refractivity contribution in [3.8, 4) is 0 Å². The van der Waals surface area contributed by atoms with Crippen LogP contribution >= 0.6 is 22.9 Å². The van der Waals surface area contributed by atoms with Gasteiger partial charge in [0.2, 0.25) is 0 Å². The van der Waals surface area contributed by atoms with Gasteiger partial charge in [-0.25, -0.2) is 4.79 Å². The highest BCUT2D eigenvalue weighted by molar-refractivity contribution is 7.17. The average molecular weight is 337 g/mol. The second-order valence-corrected chi connectivity index (χ2v) is 6.68. The predicted octanol–water partition coefficient (Wildman–Crippen LogP) is 3.41. The molecule has 1 unspecified atom stereocenters. The van der Waals surface area contributed by atoms with Gasteiger partial charge in [-0.2, -0.15) is 0 Å². The van der Waals surface area contributed by atoms with Crippen molar-refractivity contribution in [3.63, 3.8) is 0 Å². The lowest BCUT2D eigenvalue weighted by molar-refractivity contribution is 0.0955. The summed E-state index contributed by atoms with van der Waals surface area (Å²) in [5.74, 6) is -0.241. The number of nitrogens with zero attached hydrogens (tertiary/aromatic N) is 1. The first-order valence-corrected chi connectivity index (χ1v) is 7.88. The first-order chi connectivity index (χ1) is 10.6. The van der Waals surface area contributed by atoms with Gasteiger partial charge >= 0.3 is 6.09 Å². The first-order valence-electron chi connectivity index (χ1n) is 6.69. The van der Waals surface area contributed by atoms with E-state index in [0.29, 0.717) is 28.0 Å². The largest absolute Gasteiger partial charge is 0.465 e. The SMILES string of the molecule is O=C(NCC1CN(C(=O)O)c2ccccc21)c1ccc(Cl)s1. The van der Waals surface area contributed by atoms with Crippen LogP contribution in [-0.4, -0.2) is 30.2 Å². The van der Waals surface area contributed by atoms with Gasteiger partial charge in [-0.1, -0.05) is 29.8 Å². The first kappa shape index (κ1) is 14.9. The van der Waals surface area contributed by atoms with Crippen LogP contribution in [0.15, 0.2) is 36.4 Å². The summed E-state index contributed by atoms with van der Waals surface area (Å²) in [7, 11) is 0. The number of halogens is 1. The molecule has 0 radical (unpaired) electrons. The van der Waals surface area contributed by atoms with Crippen LogP contribution < -0.4 is 10.2 Å². The highest BCUT2D eigenvalue weighted by atomic mass is 35.5. The summed E-state index contributed by atoms with van der Waals surface area (Å²) in [5, 5.41) is 12.1. The molecule has 0 spiro atoms. The van der Waals surface area contributed by atoms with Crippen LogP contribution in [-0.2, 0) is 0 Å². The van der Waals surface area contributed by atoms with Crippen molar-refractivity contribution < 1.29 is 14.7 Å². The maximum absolute atomic E-state index is 12.1. The maximum atomic E-state index is 12.1. The fourth-order valence-corrected chi connectivity index (χ4v) is 3.55. The fourth-order valence-electron chi connectivity index (χ4n) is 2.59. The summed E-state index contributed by atoms with van der Waals surface area (Å²) in [6.45, 7) is 0.731. The average Bonchev–Trinajstić information content (AvgIpc) is 3.09. The Hall–Kier alpha value is -2.05. The molecule has 0 saturated carbocycles. The molecule has 1 aliphatic rings. The molecule has 5 nitrogen and oxygen atoms in total. The number of benzene rings is 1. The topological polar surface area (TPSA) is 69.6 Å². The molecule has 2 amide bonds. The summed E-state index contributed by atoms with van der Waals surface area (Å²) in [6.07, 6.45) is -0.980. The van der Waals surface area contributed by atoms with Gasteiger partial charge in [0.15, 0.2) is 0 Å². The highest BCUT2D eigenvalue weighted by Crippen LogP contribution is 2.35. The molecule has 2 heterocycles. The van der Waals surface area contributed by atoms with Crippen molar-refractivity contribution >= 4 is 40.6 Å². The van der Waals surface area contributed by atoms with Gasteiger partial charge in [-0.05, 0) is 23.8 Å². The van der Waals surface area contributed by atoms with Crippen LogP contribution in [0, 0.1) is 0 Å². The standard InChI is InChI=1S/C15H13ClN2O3S/c16-13-6-5-12(22-13)14(19)17-7-9-8-18(15(20)21)11-4-2-1-3-10(9)11/h1-6,9H,7-8H2,(H,17,19)(H,20,21). The van der Waals surface area contributed by atoms with E-state index in [4.69, 9.17) is 11.6 Å². The summed E-state index contributed by atoms with van der Waals surface area (Å²) >= 11 is 7.04. The molecule has 0 fully saturated rings. The number of carbonyl (C=O) groups excluding carboxylic acids is 1. The molecular weight excluding hydrogens is 324 g/mol. The second kappa shape index (κ2) is 5.98. The molecule has 0 bridgehead atoms. The molecule has 2 aromatic rings. The van der Waals surface area contributed by atoms with Crippen LogP contribution in [0.4, 0.5) is 10.5 Å².